The summed E-state index contributed by atoms with van der Waals surface area (Å²) in [5, 5.41) is 23.2. The van der Waals surface area contributed by atoms with E-state index in [4.69, 9.17) is 22.3 Å². The second-order valence-corrected chi connectivity index (χ2v) is 5.82. The van der Waals surface area contributed by atoms with E-state index in [-0.39, 0.29) is 25.3 Å². The van der Waals surface area contributed by atoms with Gasteiger partial charge in [-0.25, -0.2) is 0 Å². The molecule has 0 spiro atoms. The first-order chi connectivity index (χ1) is 12.3. The minimum Gasteiger partial charge on any atom is -0.508 e. The van der Waals surface area contributed by atoms with Crippen molar-refractivity contribution in [2.45, 2.75) is 31.0 Å². The van der Waals surface area contributed by atoms with Crippen LogP contribution in [0.3, 0.4) is 0 Å². The van der Waals surface area contributed by atoms with Crippen LogP contribution in [-0.2, 0) is 20.8 Å². The molecule has 10 heteroatoms. The van der Waals surface area contributed by atoms with Crippen LogP contribution in [0.2, 0.25) is 0 Å². The fraction of sp³-hybridized carbons (Fsp3) is 0.438. The van der Waals surface area contributed by atoms with E-state index in [1.54, 1.807) is 12.1 Å². The number of amides is 2. The summed E-state index contributed by atoms with van der Waals surface area (Å²) in [7, 11) is 0. The third-order valence-electron chi connectivity index (χ3n) is 3.67. The molecule has 2 amide bonds. The molecule has 144 valence electrons. The van der Waals surface area contributed by atoms with Gasteiger partial charge in [-0.3, -0.25) is 14.4 Å². The summed E-state index contributed by atoms with van der Waals surface area (Å²) < 4.78 is 0. The van der Waals surface area contributed by atoms with Gasteiger partial charge in [-0.1, -0.05) is 12.1 Å². The largest absolute Gasteiger partial charge is 0.508 e. The molecule has 10 nitrogen and oxygen atoms in total. The first-order valence-electron chi connectivity index (χ1n) is 8.03. The number of rotatable bonds is 10. The molecule has 2 atom stereocenters. The molecular weight excluding hydrogens is 342 g/mol. The molecule has 0 bridgehead atoms. The van der Waals surface area contributed by atoms with Crippen molar-refractivity contribution in [1.82, 2.24) is 10.6 Å². The van der Waals surface area contributed by atoms with E-state index < -0.39 is 42.3 Å². The highest BCUT2D eigenvalue weighted by Gasteiger charge is 2.25. The number of phenolic OH excluding ortho intramolecular Hbond substituents is 1. The molecule has 0 heterocycles. The van der Waals surface area contributed by atoms with Crippen molar-refractivity contribution in [3.05, 3.63) is 29.8 Å². The molecule has 0 aromatic heterocycles. The quantitative estimate of drug-likeness (QED) is 0.238. The van der Waals surface area contributed by atoms with Gasteiger partial charge in [-0.15, -0.1) is 0 Å². The Morgan fingerprint density at radius 3 is 2.12 bits per heavy atom. The first kappa shape index (κ1) is 21.4. The Kier molecular flexibility index (Phi) is 8.49. The molecule has 0 fully saturated rings. The zero-order valence-corrected chi connectivity index (χ0v) is 14.2. The summed E-state index contributed by atoms with van der Waals surface area (Å²) in [4.78, 5) is 35.2. The lowest BCUT2D eigenvalue weighted by Gasteiger charge is -2.22. The lowest BCUT2D eigenvalue weighted by molar-refractivity contribution is -0.140. The van der Waals surface area contributed by atoms with Crippen molar-refractivity contribution >= 4 is 17.8 Å². The number of hydrogen-bond acceptors (Lipinski definition) is 7. The maximum absolute atomic E-state index is 12.5. The van der Waals surface area contributed by atoms with Gasteiger partial charge in [-0.2, -0.15) is 0 Å². The van der Waals surface area contributed by atoms with Crippen LogP contribution >= 0.6 is 0 Å². The summed E-state index contributed by atoms with van der Waals surface area (Å²) in [6, 6.07) is 3.32. The standard InChI is InChI=1S/C16H25N5O5/c17-7-10(8-18)20-15(24)13(5-9-1-3-11(22)4-2-9)21-14(23)6-12(19)16(25)26/h1-4,10,12-13,22H,5-8,17-19H2,(H,20,24)(H,21,23)(H,25,26)/t12-,13-/m0/s1. The van der Waals surface area contributed by atoms with Crippen LogP contribution in [0, 0.1) is 0 Å². The van der Waals surface area contributed by atoms with Gasteiger partial charge >= 0.3 is 5.97 Å². The van der Waals surface area contributed by atoms with Crippen molar-refractivity contribution in [2.75, 3.05) is 13.1 Å². The highest BCUT2D eigenvalue weighted by Crippen LogP contribution is 2.11. The number of carbonyl (C=O) groups excluding carboxylic acids is 2. The number of carboxylic acids is 1. The van der Waals surface area contributed by atoms with Crippen LogP contribution in [0.25, 0.3) is 0 Å². The van der Waals surface area contributed by atoms with Crippen LogP contribution in [0.1, 0.15) is 12.0 Å². The van der Waals surface area contributed by atoms with Crippen LogP contribution in [0.5, 0.6) is 5.75 Å². The molecule has 0 aliphatic carbocycles. The summed E-state index contributed by atoms with van der Waals surface area (Å²) in [6.07, 6.45) is -0.339. The highest BCUT2D eigenvalue weighted by molar-refractivity contribution is 5.90. The van der Waals surface area contributed by atoms with Crippen molar-refractivity contribution in [3.63, 3.8) is 0 Å². The normalized spacial score (nSPS) is 13.1. The Hall–Kier alpha value is -2.69. The number of carboxylic acid groups (broad SMARTS) is 1. The molecular formula is C16H25N5O5. The summed E-state index contributed by atoms with van der Waals surface area (Å²) in [5.41, 5.74) is 17.0. The van der Waals surface area contributed by atoms with Gasteiger partial charge in [0.15, 0.2) is 0 Å². The predicted octanol–water partition coefficient (Wildman–Crippen LogP) is -2.38. The van der Waals surface area contributed by atoms with Gasteiger partial charge in [0.2, 0.25) is 11.8 Å². The second kappa shape index (κ2) is 10.3. The van der Waals surface area contributed by atoms with E-state index in [0.717, 1.165) is 0 Å². The molecule has 26 heavy (non-hydrogen) atoms. The van der Waals surface area contributed by atoms with E-state index in [9.17, 15) is 19.5 Å². The topological polar surface area (TPSA) is 194 Å². The van der Waals surface area contributed by atoms with Gasteiger partial charge in [0.1, 0.15) is 17.8 Å². The molecule has 10 N–H and O–H groups in total. The molecule has 1 aromatic carbocycles. The smallest absolute Gasteiger partial charge is 0.321 e. The minimum atomic E-state index is -1.37. The fourth-order valence-corrected chi connectivity index (χ4v) is 2.13. The molecule has 0 aliphatic rings. The highest BCUT2D eigenvalue weighted by atomic mass is 16.4. The van der Waals surface area contributed by atoms with E-state index in [1.165, 1.54) is 12.1 Å². The van der Waals surface area contributed by atoms with Crippen molar-refractivity contribution in [3.8, 4) is 5.75 Å². The first-order valence-corrected chi connectivity index (χ1v) is 8.03. The monoisotopic (exact) mass is 367 g/mol. The maximum Gasteiger partial charge on any atom is 0.321 e. The van der Waals surface area contributed by atoms with E-state index in [1.807, 2.05) is 0 Å². The number of phenols is 1. The van der Waals surface area contributed by atoms with Gasteiger partial charge in [0.05, 0.1) is 12.5 Å². The SMILES string of the molecule is NCC(CN)NC(=O)[C@H](Cc1ccc(O)cc1)NC(=O)C[C@H](N)C(=O)O. The minimum absolute atomic E-state index is 0.0672. The number of hydrogen-bond donors (Lipinski definition) is 7. The molecule has 0 saturated carbocycles. The Bertz CT molecular complexity index is 618. The van der Waals surface area contributed by atoms with Crippen LogP contribution in [0.15, 0.2) is 24.3 Å². The average Bonchev–Trinajstić information content (AvgIpc) is 2.60. The number of aliphatic carboxylic acids is 1. The van der Waals surface area contributed by atoms with Crippen LogP contribution < -0.4 is 27.8 Å². The van der Waals surface area contributed by atoms with Gasteiger partial charge in [-0.05, 0) is 17.7 Å². The van der Waals surface area contributed by atoms with E-state index in [0.29, 0.717) is 5.56 Å². The molecule has 0 saturated heterocycles. The Labute approximate surface area is 150 Å². The molecule has 1 aromatic rings. The van der Waals surface area contributed by atoms with Gasteiger partial charge in [0, 0.05) is 19.5 Å². The number of carbonyl (C=O) groups is 3. The Morgan fingerprint density at radius 1 is 1.04 bits per heavy atom. The number of nitrogens with two attached hydrogens (primary N) is 3. The van der Waals surface area contributed by atoms with Gasteiger partial charge in [0.25, 0.3) is 0 Å². The van der Waals surface area contributed by atoms with Crippen LogP contribution in [0.4, 0.5) is 0 Å². The predicted molar refractivity (Wildman–Crippen MR) is 94.0 cm³/mol. The lowest BCUT2D eigenvalue weighted by Crippen LogP contribution is -2.54. The molecule has 1 rings (SSSR count). The van der Waals surface area contributed by atoms with E-state index in [2.05, 4.69) is 10.6 Å². The lowest BCUT2D eigenvalue weighted by atomic mass is 10.0. The van der Waals surface area contributed by atoms with Gasteiger partial charge < -0.3 is 38.0 Å². The Balaban J connectivity index is 2.86. The summed E-state index contributed by atoms with van der Waals surface area (Å²) >= 11 is 0. The van der Waals surface area contributed by atoms with Crippen molar-refractivity contribution in [2.24, 2.45) is 17.2 Å². The summed E-state index contributed by atoms with van der Waals surface area (Å²) in [6.45, 7) is 0.262. The third kappa shape index (κ3) is 7.05. The second-order valence-electron chi connectivity index (χ2n) is 5.82. The maximum atomic E-state index is 12.5. The number of aromatic hydroxyl groups is 1. The van der Waals surface area contributed by atoms with Crippen molar-refractivity contribution in [1.29, 1.82) is 0 Å². The third-order valence-corrected chi connectivity index (χ3v) is 3.67. The average molecular weight is 367 g/mol. The van der Waals surface area contributed by atoms with E-state index >= 15 is 0 Å². The number of nitrogens with one attached hydrogen (secondary N) is 2. The van der Waals surface area contributed by atoms with Crippen LogP contribution in [-0.4, -0.2) is 59.2 Å². The zero-order chi connectivity index (χ0) is 19.7. The van der Waals surface area contributed by atoms with Crippen molar-refractivity contribution < 1.29 is 24.6 Å². The fourth-order valence-electron chi connectivity index (χ4n) is 2.13. The number of benzene rings is 1. The Morgan fingerprint density at radius 2 is 1.62 bits per heavy atom. The molecule has 0 unspecified atom stereocenters. The zero-order valence-electron chi connectivity index (χ0n) is 14.2. The summed E-state index contributed by atoms with van der Waals surface area (Å²) in [5.74, 6) is -2.42. The molecule has 0 radical (unpaired) electrons. The molecule has 0 aliphatic heterocycles.